The van der Waals surface area contributed by atoms with Crippen LogP contribution in [0.2, 0.25) is 0 Å². The number of rotatable bonds is 4. The van der Waals surface area contributed by atoms with Crippen molar-refractivity contribution in [3.8, 4) is 5.19 Å². The van der Waals surface area contributed by atoms with Crippen LogP contribution >= 0.6 is 11.3 Å². The van der Waals surface area contributed by atoms with E-state index in [4.69, 9.17) is 15.6 Å². The van der Waals surface area contributed by atoms with Gasteiger partial charge in [-0.05, 0) is 18.2 Å². The van der Waals surface area contributed by atoms with Crippen LogP contribution < -0.4 is 10.5 Å². The molecule has 1 aromatic carbocycles. The van der Waals surface area contributed by atoms with Crippen molar-refractivity contribution in [2.75, 3.05) is 18.9 Å². The molecule has 0 saturated heterocycles. The Morgan fingerprint density at radius 1 is 1.47 bits per heavy atom. The molecule has 0 fully saturated rings. The van der Waals surface area contributed by atoms with Crippen molar-refractivity contribution < 1.29 is 9.84 Å². The molecule has 1 heterocycles. The van der Waals surface area contributed by atoms with Crippen LogP contribution in [0.3, 0.4) is 0 Å². The van der Waals surface area contributed by atoms with Crippen molar-refractivity contribution in [2.24, 2.45) is 0 Å². The molecule has 0 spiro atoms. The molecule has 0 saturated carbocycles. The van der Waals surface area contributed by atoms with Gasteiger partial charge in [0, 0.05) is 18.7 Å². The van der Waals surface area contributed by atoms with Crippen molar-refractivity contribution in [2.45, 2.75) is 6.42 Å². The van der Waals surface area contributed by atoms with Gasteiger partial charge in [-0.3, -0.25) is 0 Å². The summed E-state index contributed by atoms with van der Waals surface area (Å²) < 4.78 is 6.40. The fraction of sp³-hybridized carbons (Fsp3) is 0.300. The molecule has 4 nitrogen and oxygen atoms in total. The van der Waals surface area contributed by atoms with Gasteiger partial charge >= 0.3 is 0 Å². The summed E-state index contributed by atoms with van der Waals surface area (Å²) in [5.74, 6) is 0. The summed E-state index contributed by atoms with van der Waals surface area (Å²) in [4.78, 5) is 4.28. The summed E-state index contributed by atoms with van der Waals surface area (Å²) in [7, 11) is 0. The molecule has 1 aromatic heterocycles. The molecular formula is C10H12N2O2S. The van der Waals surface area contributed by atoms with Crippen molar-refractivity contribution in [3.63, 3.8) is 0 Å². The molecular weight excluding hydrogens is 212 g/mol. The monoisotopic (exact) mass is 224 g/mol. The zero-order valence-corrected chi connectivity index (χ0v) is 8.96. The normalized spacial score (nSPS) is 10.7. The van der Waals surface area contributed by atoms with E-state index < -0.39 is 0 Å². The molecule has 5 heteroatoms. The van der Waals surface area contributed by atoms with E-state index in [-0.39, 0.29) is 6.61 Å². The highest BCUT2D eigenvalue weighted by Gasteiger charge is 2.04. The quantitative estimate of drug-likeness (QED) is 0.612. The van der Waals surface area contributed by atoms with E-state index in [9.17, 15) is 0 Å². The molecule has 80 valence electrons. The van der Waals surface area contributed by atoms with Gasteiger partial charge in [0.15, 0.2) is 0 Å². The number of fused-ring (bicyclic) bond motifs is 1. The molecule has 2 rings (SSSR count). The standard InChI is InChI=1S/C10H12N2O2S/c11-7-2-3-8-9(6-7)15-10(12-8)14-5-1-4-13/h2-3,6,13H,1,4-5,11H2. The first-order valence-electron chi connectivity index (χ1n) is 4.69. The topological polar surface area (TPSA) is 68.4 Å². The van der Waals surface area contributed by atoms with Crippen molar-refractivity contribution in [1.82, 2.24) is 4.98 Å². The van der Waals surface area contributed by atoms with Gasteiger partial charge in [-0.2, -0.15) is 0 Å². The summed E-state index contributed by atoms with van der Waals surface area (Å²) in [6.07, 6.45) is 0.623. The molecule has 0 aliphatic carbocycles. The zero-order valence-electron chi connectivity index (χ0n) is 8.14. The minimum atomic E-state index is 0.137. The predicted octanol–water partition coefficient (Wildman–Crippen LogP) is 1.64. The molecule has 0 atom stereocenters. The highest BCUT2D eigenvalue weighted by atomic mass is 32.1. The molecule has 0 aliphatic rings. The average Bonchev–Trinajstić information content (AvgIpc) is 2.60. The Morgan fingerprint density at radius 2 is 2.33 bits per heavy atom. The second-order valence-electron chi connectivity index (χ2n) is 3.13. The average molecular weight is 224 g/mol. The van der Waals surface area contributed by atoms with Gasteiger partial charge in [-0.1, -0.05) is 11.3 Å². The van der Waals surface area contributed by atoms with Gasteiger partial charge in [0.05, 0.1) is 16.8 Å². The summed E-state index contributed by atoms with van der Waals surface area (Å²) in [5, 5.41) is 9.24. The van der Waals surface area contributed by atoms with Crippen LogP contribution in [-0.2, 0) is 0 Å². The van der Waals surface area contributed by atoms with Crippen LogP contribution in [-0.4, -0.2) is 23.3 Å². The first-order valence-corrected chi connectivity index (χ1v) is 5.51. The lowest BCUT2D eigenvalue weighted by Gasteiger charge is -1.97. The summed E-state index contributed by atoms with van der Waals surface area (Å²) in [6, 6.07) is 5.57. The van der Waals surface area contributed by atoms with Crippen molar-refractivity contribution >= 4 is 27.2 Å². The fourth-order valence-electron chi connectivity index (χ4n) is 1.21. The van der Waals surface area contributed by atoms with E-state index in [1.807, 2.05) is 18.2 Å². The lowest BCUT2D eigenvalue weighted by Crippen LogP contribution is -1.98. The summed E-state index contributed by atoms with van der Waals surface area (Å²) in [6.45, 7) is 0.629. The number of aromatic nitrogens is 1. The van der Waals surface area contributed by atoms with Gasteiger partial charge in [0.25, 0.3) is 5.19 Å². The Balaban J connectivity index is 2.16. The Kier molecular flexibility index (Phi) is 3.03. The van der Waals surface area contributed by atoms with Crippen LogP contribution in [0.25, 0.3) is 10.2 Å². The van der Waals surface area contributed by atoms with Gasteiger partial charge in [0.1, 0.15) is 0 Å². The number of ether oxygens (including phenoxy) is 1. The van der Waals surface area contributed by atoms with Gasteiger partial charge in [-0.25, -0.2) is 4.98 Å². The third-order valence-corrected chi connectivity index (χ3v) is 2.85. The van der Waals surface area contributed by atoms with Crippen LogP contribution in [0.1, 0.15) is 6.42 Å². The molecule has 3 N–H and O–H groups in total. The van der Waals surface area contributed by atoms with E-state index in [0.717, 1.165) is 15.9 Å². The molecule has 0 aliphatic heterocycles. The molecule has 0 radical (unpaired) electrons. The number of nitrogens with two attached hydrogens (primary N) is 1. The Labute approximate surface area is 91.3 Å². The second kappa shape index (κ2) is 4.46. The van der Waals surface area contributed by atoms with Crippen LogP contribution in [0.5, 0.6) is 5.19 Å². The number of nitrogens with zero attached hydrogens (tertiary/aromatic N) is 1. The maximum atomic E-state index is 8.61. The summed E-state index contributed by atoms with van der Waals surface area (Å²) >= 11 is 1.47. The Bertz CT molecular complexity index is 456. The third kappa shape index (κ3) is 2.37. The van der Waals surface area contributed by atoms with E-state index in [1.54, 1.807) is 0 Å². The predicted molar refractivity (Wildman–Crippen MR) is 61.2 cm³/mol. The number of aliphatic hydroxyl groups is 1. The number of nitrogen functional groups attached to an aromatic ring is 1. The first kappa shape index (κ1) is 10.2. The number of hydrogen-bond donors (Lipinski definition) is 2. The van der Waals surface area contributed by atoms with E-state index >= 15 is 0 Å². The van der Waals surface area contributed by atoms with Crippen LogP contribution in [0.15, 0.2) is 18.2 Å². The molecule has 2 aromatic rings. The second-order valence-corrected chi connectivity index (χ2v) is 4.13. The van der Waals surface area contributed by atoms with Gasteiger partial charge in [0.2, 0.25) is 0 Å². The summed E-state index contributed by atoms with van der Waals surface area (Å²) in [5.41, 5.74) is 7.29. The van der Waals surface area contributed by atoms with Crippen molar-refractivity contribution in [1.29, 1.82) is 0 Å². The molecule has 0 amide bonds. The van der Waals surface area contributed by atoms with E-state index in [0.29, 0.717) is 18.2 Å². The SMILES string of the molecule is Nc1ccc2nc(OCCCO)sc2c1. The fourth-order valence-corrected chi connectivity index (χ4v) is 2.09. The van der Waals surface area contributed by atoms with Crippen LogP contribution in [0, 0.1) is 0 Å². The first-order chi connectivity index (χ1) is 7.29. The molecule has 0 unspecified atom stereocenters. The maximum absolute atomic E-state index is 8.61. The largest absolute Gasteiger partial charge is 0.470 e. The van der Waals surface area contributed by atoms with Crippen molar-refractivity contribution in [3.05, 3.63) is 18.2 Å². The smallest absolute Gasteiger partial charge is 0.274 e. The maximum Gasteiger partial charge on any atom is 0.274 e. The lowest BCUT2D eigenvalue weighted by atomic mass is 10.3. The minimum absolute atomic E-state index is 0.137. The number of thiazole rings is 1. The lowest BCUT2D eigenvalue weighted by molar-refractivity contribution is 0.233. The number of benzene rings is 1. The van der Waals surface area contributed by atoms with E-state index in [2.05, 4.69) is 4.98 Å². The highest BCUT2D eigenvalue weighted by Crippen LogP contribution is 2.29. The third-order valence-electron chi connectivity index (χ3n) is 1.92. The van der Waals surface area contributed by atoms with Crippen LogP contribution in [0.4, 0.5) is 5.69 Å². The highest BCUT2D eigenvalue weighted by molar-refractivity contribution is 7.20. The number of anilines is 1. The number of aliphatic hydroxyl groups excluding tert-OH is 1. The minimum Gasteiger partial charge on any atom is -0.470 e. The van der Waals surface area contributed by atoms with E-state index in [1.165, 1.54) is 11.3 Å². The molecule has 15 heavy (non-hydrogen) atoms. The number of hydrogen-bond acceptors (Lipinski definition) is 5. The van der Waals surface area contributed by atoms with Gasteiger partial charge < -0.3 is 15.6 Å². The van der Waals surface area contributed by atoms with Gasteiger partial charge in [-0.15, -0.1) is 0 Å². The molecule has 0 bridgehead atoms. The Hall–Kier alpha value is -1.33. The Morgan fingerprint density at radius 3 is 3.13 bits per heavy atom. The zero-order chi connectivity index (χ0) is 10.7.